The fraction of sp³-hybridized carbons (Fsp3) is 0.600. The highest BCUT2D eigenvalue weighted by Crippen LogP contribution is 2.25. The molecule has 0 aliphatic carbocycles. The van der Waals surface area contributed by atoms with Crippen molar-refractivity contribution in [3.8, 4) is 0 Å². The van der Waals surface area contributed by atoms with E-state index in [9.17, 15) is 17.6 Å². The molecule has 102 valence electrons. The molecule has 18 heavy (non-hydrogen) atoms. The second-order valence-electron chi connectivity index (χ2n) is 3.75. The Hall–Kier alpha value is -1.60. The van der Waals surface area contributed by atoms with Gasteiger partial charge in [-0.2, -0.15) is 8.78 Å². The van der Waals surface area contributed by atoms with Crippen LogP contribution in [-0.2, 0) is 6.42 Å². The Balaban J connectivity index is 2.82. The van der Waals surface area contributed by atoms with E-state index >= 15 is 0 Å². The van der Waals surface area contributed by atoms with Crippen molar-refractivity contribution in [1.82, 2.24) is 9.97 Å². The first kappa shape index (κ1) is 14.5. The molecule has 0 aromatic carbocycles. The molecule has 1 aromatic rings. The van der Waals surface area contributed by atoms with Gasteiger partial charge in [0.05, 0.1) is 6.54 Å². The Morgan fingerprint density at radius 3 is 2.61 bits per heavy atom. The Bertz CT molecular complexity index is 397. The van der Waals surface area contributed by atoms with Crippen LogP contribution in [0, 0.1) is 0 Å². The fourth-order valence-electron chi connectivity index (χ4n) is 1.35. The molecule has 0 fully saturated rings. The van der Waals surface area contributed by atoms with Gasteiger partial charge in [-0.1, -0.05) is 13.3 Å². The largest absolute Gasteiger partial charge is 0.383 e. The van der Waals surface area contributed by atoms with Crippen molar-refractivity contribution in [2.45, 2.75) is 32.1 Å². The van der Waals surface area contributed by atoms with E-state index in [4.69, 9.17) is 5.73 Å². The van der Waals surface area contributed by atoms with Crippen molar-refractivity contribution in [3.05, 3.63) is 11.9 Å². The number of halogens is 4. The summed E-state index contributed by atoms with van der Waals surface area (Å²) in [6, 6.07) is 0. The van der Waals surface area contributed by atoms with Crippen molar-refractivity contribution >= 4 is 11.6 Å². The summed E-state index contributed by atoms with van der Waals surface area (Å²) < 4.78 is 49.5. The van der Waals surface area contributed by atoms with Gasteiger partial charge >= 0.3 is 12.3 Å². The van der Waals surface area contributed by atoms with Crippen LogP contribution in [0.2, 0.25) is 0 Å². The Kier molecular flexibility index (Phi) is 4.69. The molecule has 0 radical (unpaired) electrons. The summed E-state index contributed by atoms with van der Waals surface area (Å²) in [5.41, 5.74) is 6.04. The predicted molar refractivity (Wildman–Crippen MR) is 59.9 cm³/mol. The van der Waals surface area contributed by atoms with Crippen LogP contribution in [0.5, 0.6) is 0 Å². The van der Waals surface area contributed by atoms with Crippen LogP contribution in [0.25, 0.3) is 0 Å². The Morgan fingerprint density at radius 1 is 1.39 bits per heavy atom. The van der Waals surface area contributed by atoms with Crippen LogP contribution in [-0.4, -0.2) is 28.9 Å². The number of hydrogen-bond donors (Lipinski definition) is 2. The smallest absolute Gasteiger partial charge is 0.324 e. The van der Waals surface area contributed by atoms with E-state index in [0.29, 0.717) is 18.4 Å². The molecule has 1 rings (SSSR count). The SMILES string of the molecule is CCCc1c(N)ncnc1NCC(F)(F)C(F)F. The lowest BCUT2D eigenvalue weighted by Crippen LogP contribution is -2.35. The molecule has 4 nitrogen and oxygen atoms in total. The third-order valence-electron chi connectivity index (χ3n) is 2.29. The molecule has 0 atom stereocenters. The summed E-state index contributed by atoms with van der Waals surface area (Å²) in [6.07, 6.45) is -1.44. The predicted octanol–water partition coefficient (Wildman–Crippen LogP) is 2.32. The third-order valence-corrected chi connectivity index (χ3v) is 2.29. The van der Waals surface area contributed by atoms with Crippen LogP contribution in [0.4, 0.5) is 29.2 Å². The highest BCUT2D eigenvalue weighted by molar-refractivity contribution is 5.55. The number of nitrogens with one attached hydrogen (secondary N) is 1. The zero-order chi connectivity index (χ0) is 13.8. The van der Waals surface area contributed by atoms with Gasteiger partial charge in [-0.15, -0.1) is 0 Å². The number of hydrogen-bond acceptors (Lipinski definition) is 4. The van der Waals surface area contributed by atoms with Gasteiger partial charge in [-0.25, -0.2) is 18.7 Å². The average molecular weight is 266 g/mol. The van der Waals surface area contributed by atoms with Crippen LogP contribution >= 0.6 is 0 Å². The minimum Gasteiger partial charge on any atom is -0.383 e. The van der Waals surface area contributed by atoms with Crippen LogP contribution in [0.1, 0.15) is 18.9 Å². The quantitative estimate of drug-likeness (QED) is 0.776. The van der Waals surface area contributed by atoms with E-state index in [0.717, 1.165) is 6.33 Å². The summed E-state index contributed by atoms with van der Waals surface area (Å²) in [5, 5.41) is 2.20. The summed E-state index contributed by atoms with van der Waals surface area (Å²) in [5.74, 6) is -3.87. The van der Waals surface area contributed by atoms with E-state index in [-0.39, 0.29) is 11.6 Å². The van der Waals surface area contributed by atoms with Crippen LogP contribution in [0.3, 0.4) is 0 Å². The first-order valence-electron chi connectivity index (χ1n) is 5.37. The van der Waals surface area contributed by atoms with Crippen molar-refractivity contribution in [2.24, 2.45) is 0 Å². The van der Waals surface area contributed by atoms with Crippen LogP contribution in [0.15, 0.2) is 6.33 Å². The van der Waals surface area contributed by atoms with E-state index in [1.807, 2.05) is 6.92 Å². The first-order valence-corrected chi connectivity index (χ1v) is 5.37. The number of rotatable bonds is 6. The maximum absolute atomic E-state index is 12.8. The molecule has 0 saturated carbocycles. The summed E-state index contributed by atoms with van der Waals surface area (Å²) in [7, 11) is 0. The lowest BCUT2D eigenvalue weighted by atomic mass is 10.1. The average Bonchev–Trinajstić information content (AvgIpc) is 2.30. The zero-order valence-corrected chi connectivity index (χ0v) is 9.76. The zero-order valence-electron chi connectivity index (χ0n) is 9.76. The first-order chi connectivity index (χ1) is 8.38. The molecule has 3 N–H and O–H groups in total. The number of aromatic nitrogens is 2. The number of nitrogens with zero attached hydrogens (tertiary/aromatic N) is 2. The maximum Gasteiger partial charge on any atom is 0.324 e. The van der Waals surface area contributed by atoms with Crippen molar-refractivity contribution in [1.29, 1.82) is 0 Å². The van der Waals surface area contributed by atoms with E-state index in [1.165, 1.54) is 0 Å². The second kappa shape index (κ2) is 5.83. The van der Waals surface area contributed by atoms with Crippen LogP contribution < -0.4 is 11.1 Å². The number of nitrogen functional groups attached to an aromatic ring is 1. The normalized spacial score (nSPS) is 11.9. The molecule has 0 unspecified atom stereocenters. The van der Waals surface area contributed by atoms with E-state index in [2.05, 4.69) is 15.3 Å². The molecule has 0 aliphatic rings. The van der Waals surface area contributed by atoms with Crippen molar-refractivity contribution in [3.63, 3.8) is 0 Å². The topological polar surface area (TPSA) is 63.8 Å². The van der Waals surface area contributed by atoms with Gasteiger partial charge in [0.2, 0.25) is 0 Å². The molecular weight excluding hydrogens is 252 g/mol. The highest BCUT2D eigenvalue weighted by atomic mass is 19.3. The summed E-state index contributed by atoms with van der Waals surface area (Å²) in [6.45, 7) is 0.668. The molecule has 0 spiro atoms. The fourth-order valence-corrected chi connectivity index (χ4v) is 1.35. The number of nitrogens with two attached hydrogens (primary N) is 1. The minimum atomic E-state index is -4.11. The monoisotopic (exact) mass is 266 g/mol. The molecule has 1 aromatic heterocycles. The maximum atomic E-state index is 12.8. The molecule has 0 amide bonds. The van der Waals surface area contributed by atoms with Gasteiger partial charge in [0.15, 0.2) is 0 Å². The molecule has 0 saturated heterocycles. The Labute approximate surface area is 102 Å². The molecular formula is C10H14F4N4. The second-order valence-corrected chi connectivity index (χ2v) is 3.75. The molecule has 1 heterocycles. The van der Waals surface area contributed by atoms with Gasteiger partial charge in [0.25, 0.3) is 0 Å². The van der Waals surface area contributed by atoms with Gasteiger partial charge in [0, 0.05) is 5.56 Å². The van der Waals surface area contributed by atoms with Gasteiger partial charge < -0.3 is 11.1 Å². The Morgan fingerprint density at radius 2 is 2.06 bits per heavy atom. The number of anilines is 2. The molecule has 8 heteroatoms. The van der Waals surface area contributed by atoms with Gasteiger partial charge in [-0.3, -0.25) is 0 Å². The lowest BCUT2D eigenvalue weighted by Gasteiger charge is -2.17. The summed E-state index contributed by atoms with van der Waals surface area (Å²) in [4.78, 5) is 7.47. The van der Waals surface area contributed by atoms with Gasteiger partial charge in [-0.05, 0) is 6.42 Å². The molecule has 0 bridgehead atoms. The summed E-state index contributed by atoms with van der Waals surface area (Å²) >= 11 is 0. The van der Waals surface area contributed by atoms with E-state index < -0.39 is 18.9 Å². The van der Waals surface area contributed by atoms with Crippen molar-refractivity contribution in [2.75, 3.05) is 17.6 Å². The lowest BCUT2D eigenvalue weighted by molar-refractivity contribution is -0.117. The van der Waals surface area contributed by atoms with Crippen molar-refractivity contribution < 1.29 is 17.6 Å². The minimum absolute atomic E-state index is 0.0738. The standard InChI is InChI=1S/C10H14F4N4/c1-2-3-6-7(15)17-5-18-8(6)16-4-10(13,14)9(11)12/h5,9H,2-4H2,1H3,(H3,15,16,17,18). The molecule has 0 aliphatic heterocycles. The highest BCUT2D eigenvalue weighted by Gasteiger charge is 2.40. The number of alkyl halides is 4. The van der Waals surface area contributed by atoms with E-state index in [1.54, 1.807) is 0 Å². The van der Waals surface area contributed by atoms with Gasteiger partial charge in [0.1, 0.15) is 18.0 Å². The third kappa shape index (κ3) is 3.44.